The number of methoxy groups -OCH3 is 1. The van der Waals surface area contributed by atoms with Crippen molar-refractivity contribution in [1.82, 2.24) is 5.32 Å². The van der Waals surface area contributed by atoms with Crippen molar-refractivity contribution < 1.29 is 9.84 Å². The maximum atomic E-state index is 10.1. The predicted molar refractivity (Wildman–Crippen MR) is 86.7 cm³/mol. The summed E-state index contributed by atoms with van der Waals surface area (Å²) in [6, 6.07) is 9.65. The van der Waals surface area contributed by atoms with Gasteiger partial charge in [-0.25, -0.2) is 0 Å². The van der Waals surface area contributed by atoms with Crippen LogP contribution in [0.15, 0.2) is 41.1 Å². The van der Waals surface area contributed by atoms with Crippen LogP contribution in [0.4, 0.5) is 0 Å². The molecular weight excluding hydrogens is 284 g/mol. The fourth-order valence-corrected chi connectivity index (χ4v) is 2.80. The number of ether oxygens (including phenoxy) is 1. The molecule has 0 saturated heterocycles. The first-order valence-electron chi connectivity index (χ1n) is 6.97. The topological polar surface area (TPSA) is 67.5 Å². The molecule has 5 heteroatoms. The molecule has 21 heavy (non-hydrogen) atoms. The monoisotopic (exact) mass is 306 g/mol. The third kappa shape index (κ3) is 5.13. The highest BCUT2D eigenvalue weighted by molar-refractivity contribution is 7.07. The van der Waals surface area contributed by atoms with E-state index in [1.165, 1.54) is 5.56 Å². The lowest BCUT2D eigenvalue weighted by molar-refractivity contribution is 0.141. The van der Waals surface area contributed by atoms with E-state index in [0.29, 0.717) is 19.5 Å². The van der Waals surface area contributed by atoms with E-state index in [1.807, 2.05) is 35.7 Å². The Bertz CT molecular complexity index is 531. The molecule has 1 aromatic heterocycles. The molecule has 0 fully saturated rings. The fraction of sp³-hybridized carbons (Fsp3) is 0.375. The summed E-state index contributed by atoms with van der Waals surface area (Å²) in [5.74, 6) is 0.837. The number of thiophene rings is 1. The Kier molecular flexibility index (Phi) is 6.20. The maximum absolute atomic E-state index is 10.1. The van der Waals surface area contributed by atoms with Crippen LogP contribution in [-0.4, -0.2) is 30.9 Å². The highest BCUT2D eigenvalue weighted by Crippen LogP contribution is 2.12. The van der Waals surface area contributed by atoms with Crippen molar-refractivity contribution in [2.45, 2.75) is 25.1 Å². The second kappa shape index (κ2) is 8.14. The van der Waals surface area contributed by atoms with Gasteiger partial charge in [0.15, 0.2) is 0 Å². The molecule has 0 aliphatic carbocycles. The molecule has 2 atom stereocenters. The average molecular weight is 306 g/mol. The molecule has 0 amide bonds. The van der Waals surface area contributed by atoms with Crippen LogP contribution >= 0.6 is 11.3 Å². The Morgan fingerprint density at radius 3 is 2.90 bits per heavy atom. The fourth-order valence-electron chi connectivity index (χ4n) is 2.12. The first-order valence-corrected chi connectivity index (χ1v) is 7.91. The Labute approximate surface area is 129 Å². The molecule has 0 unspecified atom stereocenters. The second-order valence-corrected chi connectivity index (χ2v) is 5.83. The minimum atomic E-state index is -0.560. The van der Waals surface area contributed by atoms with Gasteiger partial charge in [0.1, 0.15) is 5.75 Å². The van der Waals surface area contributed by atoms with Gasteiger partial charge in [0, 0.05) is 19.1 Å². The Balaban J connectivity index is 1.74. The van der Waals surface area contributed by atoms with Gasteiger partial charge in [0.25, 0.3) is 0 Å². The highest BCUT2D eigenvalue weighted by atomic mass is 32.1. The van der Waals surface area contributed by atoms with Crippen molar-refractivity contribution in [2.24, 2.45) is 5.73 Å². The molecule has 0 aliphatic rings. The summed E-state index contributed by atoms with van der Waals surface area (Å²) in [4.78, 5) is 0. The quantitative estimate of drug-likeness (QED) is 0.695. The van der Waals surface area contributed by atoms with Gasteiger partial charge in [-0.15, -0.1) is 0 Å². The molecule has 0 bridgehead atoms. The Morgan fingerprint density at radius 1 is 1.33 bits per heavy atom. The summed E-state index contributed by atoms with van der Waals surface area (Å²) in [6.07, 6.45) is 0.140. The molecule has 0 aliphatic heterocycles. The number of benzene rings is 1. The third-order valence-corrected chi connectivity index (χ3v) is 4.09. The zero-order valence-corrected chi connectivity index (χ0v) is 13.0. The summed E-state index contributed by atoms with van der Waals surface area (Å²) >= 11 is 1.65. The zero-order chi connectivity index (χ0) is 15.1. The number of rotatable bonds is 8. The van der Waals surface area contributed by atoms with Gasteiger partial charge >= 0.3 is 0 Å². The Morgan fingerprint density at radius 2 is 2.19 bits per heavy atom. The number of aliphatic hydroxyl groups is 1. The first kappa shape index (κ1) is 16.0. The highest BCUT2D eigenvalue weighted by Gasteiger charge is 2.15. The van der Waals surface area contributed by atoms with Crippen LogP contribution in [0.1, 0.15) is 11.1 Å². The van der Waals surface area contributed by atoms with Gasteiger partial charge in [-0.1, -0.05) is 12.1 Å². The van der Waals surface area contributed by atoms with Crippen LogP contribution in [0.2, 0.25) is 0 Å². The number of nitrogens with two attached hydrogens (primary N) is 1. The minimum absolute atomic E-state index is 0.252. The molecule has 1 heterocycles. The lowest BCUT2D eigenvalue weighted by Gasteiger charge is -2.19. The zero-order valence-electron chi connectivity index (χ0n) is 12.2. The van der Waals surface area contributed by atoms with E-state index in [9.17, 15) is 5.11 Å². The van der Waals surface area contributed by atoms with Gasteiger partial charge < -0.3 is 20.9 Å². The molecule has 0 radical (unpaired) electrons. The van der Waals surface area contributed by atoms with Crippen molar-refractivity contribution in [3.05, 3.63) is 52.2 Å². The lowest BCUT2D eigenvalue weighted by Crippen LogP contribution is -2.42. The standard InChI is InChI=1S/C16H22N2O2S/c1-20-14-4-2-3-12(7-14)9-18-10-16(19)15(17)8-13-5-6-21-11-13/h2-7,11,15-16,18-19H,8-10,17H2,1H3/t15-,16+/m0/s1. The summed E-state index contributed by atoms with van der Waals surface area (Å²) in [5.41, 5.74) is 8.33. The van der Waals surface area contributed by atoms with Crippen LogP contribution < -0.4 is 15.8 Å². The van der Waals surface area contributed by atoms with Gasteiger partial charge in [-0.2, -0.15) is 11.3 Å². The third-order valence-electron chi connectivity index (χ3n) is 3.36. The summed E-state index contributed by atoms with van der Waals surface area (Å²) in [5, 5.41) is 17.4. The SMILES string of the molecule is COc1cccc(CNC[C@@H](O)[C@@H](N)Cc2ccsc2)c1. The number of nitrogens with one attached hydrogen (secondary N) is 1. The summed E-state index contributed by atoms with van der Waals surface area (Å²) < 4.78 is 5.18. The maximum Gasteiger partial charge on any atom is 0.119 e. The molecular formula is C16H22N2O2S. The molecule has 2 aromatic rings. The molecule has 4 N–H and O–H groups in total. The average Bonchev–Trinajstić information content (AvgIpc) is 3.00. The Hall–Kier alpha value is -1.40. The number of aliphatic hydroxyl groups excluding tert-OH is 1. The largest absolute Gasteiger partial charge is 0.497 e. The van der Waals surface area contributed by atoms with Crippen molar-refractivity contribution in [2.75, 3.05) is 13.7 Å². The van der Waals surface area contributed by atoms with Gasteiger partial charge in [0.2, 0.25) is 0 Å². The van der Waals surface area contributed by atoms with Gasteiger partial charge in [-0.3, -0.25) is 0 Å². The van der Waals surface area contributed by atoms with E-state index in [4.69, 9.17) is 10.5 Å². The van der Waals surface area contributed by atoms with Crippen LogP contribution in [0.5, 0.6) is 5.75 Å². The smallest absolute Gasteiger partial charge is 0.119 e. The predicted octanol–water partition coefficient (Wildman–Crippen LogP) is 1.78. The van der Waals surface area contributed by atoms with Crippen LogP contribution in [0.3, 0.4) is 0 Å². The molecule has 0 saturated carbocycles. The molecule has 0 spiro atoms. The van der Waals surface area contributed by atoms with Crippen molar-refractivity contribution in [3.63, 3.8) is 0 Å². The second-order valence-electron chi connectivity index (χ2n) is 5.05. The van der Waals surface area contributed by atoms with E-state index in [0.717, 1.165) is 11.3 Å². The normalized spacial score (nSPS) is 13.9. The molecule has 114 valence electrons. The van der Waals surface area contributed by atoms with Crippen LogP contribution in [0.25, 0.3) is 0 Å². The van der Waals surface area contributed by atoms with Crippen LogP contribution in [0, 0.1) is 0 Å². The van der Waals surface area contributed by atoms with Gasteiger partial charge in [0.05, 0.1) is 13.2 Å². The van der Waals surface area contributed by atoms with E-state index in [-0.39, 0.29) is 6.04 Å². The first-order chi connectivity index (χ1) is 10.2. The van der Waals surface area contributed by atoms with E-state index in [2.05, 4.69) is 10.7 Å². The van der Waals surface area contributed by atoms with Crippen molar-refractivity contribution >= 4 is 11.3 Å². The summed E-state index contributed by atoms with van der Waals surface area (Å²) in [6.45, 7) is 1.15. The van der Waals surface area contributed by atoms with Crippen LogP contribution in [-0.2, 0) is 13.0 Å². The van der Waals surface area contributed by atoms with E-state index < -0.39 is 6.10 Å². The van der Waals surface area contributed by atoms with E-state index >= 15 is 0 Å². The van der Waals surface area contributed by atoms with Crippen molar-refractivity contribution in [1.29, 1.82) is 0 Å². The summed E-state index contributed by atoms with van der Waals surface area (Å²) in [7, 11) is 1.65. The van der Waals surface area contributed by atoms with Gasteiger partial charge in [-0.05, 0) is 46.5 Å². The van der Waals surface area contributed by atoms with Crippen molar-refractivity contribution in [3.8, 4) is 5.75 Å². The minimum Gasteiger partial charge on any atom is -0.497 e. The number of hydrogen-bond donors (Lipinski definition) is 3. The number of hydrogen-bond acceptors (Lipinski definition) is 5. The van der Waals surface area contributed by atoms with E-state index in [1.54, 1.807) is 18.4 Å². The molecule has 4 nitrogen and oxygen atoms in total. The molecule has 1 aromatic carbocycles. The molecule has 2 rings (SSSR count). The lowest BCUT2D eigenvalue weighted by atomic mass is 10.0.